The zero-order chi connectivity index (χ0) is 29.9. The van der Waals surface area contributed by atoms with E-state index < -0.39 is 48.4 Å². The molecule has 18 heteroatoms. The molecule has 0 fully saturated rings. The number of non-ortho nitro benzene ring substituents is 2. The number of oxime groups is 1. The average molecular weight is 557 g/mol. The smallest absolute Gasteiger partial charge is 0.309 e. The van der Waals surface area contributed by atoms with E-state index in [0.29, 0.717) is 18.8 Å². The lowest BCUT2D eigenvalue weighted by atomic mass is 10.0. The van der Waals surface area contributed by atoms with Crippen LogP contribution in [0.3, 0.4) is 0 Å². The first-order chi connectivity index (χ1) is 18.5. The monoisotopic (exact) mass is 557 g/mol. The van der Waals surface area contributed by atoms with Gasteiger partial charge in [0.1, 0.15) is 12.3 Å². The molecular formula is C20H22N5O12P. The molecular weight excluding hydrogens is 533 g/mol. The van der Waals surface area contributed by atoms with Gasteiger partial charge >= 0.3 is 5.97 Å². The third-order valence-electron chi connectivity index (χ3n) is 4.64. The summed E-state index contributed by atoms with van der Waals surface area (Å²) < 4.78 is 10.9. The molecule has 0 aliphatic heterocycles. The molecule has 0 amide bonds. The van der Waals surface area contributed by atoms with Crippen molar-refractivity contribution in [2.45, 2.75) is 13.3 Å². The van der Waals surface area contributed by atoms with Crippen LogP contribution in [-0.4, -0.2) is 63.4 Å². The van der Waals surface area contributed by atoms with Gasteiger partial charge in [0, 0.05) is 31.7 Å². The number of rotatable bonds is 9. The van der Waals surface area contributed by atoms with Crippen LogP contribution in [0.15, 0.2) is 29.4 Å². The molecule has 1 unspecified atom stereocenters. The van der Waals surface area contributed by atoms with Crippen LogP contribution in [0, 0.1) is 40.5 Å². The largest absolute Gasteiger partial charge is 0.466 e. The van der Waals surface area contributed by atoms with Gasteiger partial charge < -0.3 is 14.7 Å². The fourth-order valence-electron chi connectivity index (χ4n) is 3.34. The van der Waals surface area contributed by atoms with E-state index in [9.17, 15) is 45.3 Å². The molecule has 0 saturated heterocycles. The average Bonchev–Trinajstić information content (AvgIpc) is 3.20. The van der Waals surface area contributed by atoms with Crippen LogP contribution < -0.4 is 0 Å². The Morgan fingerprint density at radius 1 is 0.921 bits per heavy atom. The lowest BCUT2D eigenvalue weighted by Gasteiger charge is -2.04. The Kier molecular flexibility index (Phi) is 11.1. The number of nitro benzene ring substituents is 4. The highest BCUT2D eigenvalue weighted by Crippen LogP contribution is 2.50. The van der Waals surface area contributed by atoms with E-state index in [1.807, 2.05) is 0 Å². The van der Waals surface area contributed by atoms with Crippen molar-refractivity contribution in [2.24, 2.45) is 5.16 Å². The molecule has 17 nitrogen and oxygen atoms in total. The summed E-state index contributed by atoms with van der Waals surface area (Å²) in [5.74, 6) is -0.618. The second-order valence-corrected chi connectivity index (χ2v) is 6.63. The molecule has 204 valence electrons. The summed E-state index contributed by atoms with van der Waals surface area (Å²) in [4.78, 5) is 58.8. The Labute approximate surface area is 217 Å². The third kappa shape index (κ3) is 6.77. The van der Waals surface area contributed by atoms with E-state index in [2.05, 4.69) is 14.4 Å². The van der Waals surface area contributed by atoms with E-state index in [0.717, 1.165) is 19.2 Å². The number of carbonyl (C=O) groups is 1. The van der Waals surface area contributed by atoms with E-state index >= 15 is 0 Å². The molecule has 0 spiro atoms. The minimum absolute atomic E-state index is 0.120. The number of ether oxygens (including phenoxy) is 1. The molecule has 2 aromatic carbocycles. The van der Waals surface area contributed by atoms with Gasteiger partial charge in [-0.25, -0.2) is 0 Å². The summed E-state index contributed by atoms with van der Waals surface area (Å²) in [5.41, 5.74) is -4.72. The van der Waals surface area contributed by atoms with Crippen molar-refractivity contribution in [1.29, 1.82) is 0 Å². The summed E-state index contributed by atoms with van der Waals surface area (Å²) in [6.45, 7) is 1.79. The van der Waals surface area contributed by atoms with Crippen LogP contribution in [0.5, 0.6) is 0 Å². The number of benzene rings is 2. The zero-order valence-corrected chi connectivity index (χ0v) is 21.0. The maximum absolute atomic E-state index is 11.7. The third-order valence-corrected chi connectivity index (χ3v) is 4.64. The number of hydrogen-bond donors (Lipinski definition) is 1. The van der Waals surface area contributed by atoms with E-state index in [1.54, 1.807) is 6.92 Å². The quantitative estimate of drug-likeness (QED) is 0.131. The first-order valence-electron chi connectivity index (χ1n) is 10.9. The molecule has 0 heterocycles. The van der Waals surface area contributed by atoms with Gasteiger partial charge in [-0.1, -0.05) is 11.8 Å². The summed E-state index contributed by atoms with van der Waals surface area (Å²) in [6.07, 6.45) is -0.242. The molecule has 0 radical (unpaired) electrons. The first-order valence-corrected chi connectivity index (χ1v) is 11.0. The normalized spacial score (nSPS) is 10.7. The van der Waals surface area contributed by atoms with Crippen molar-refractivity contribution in [3.8, 4) is 11.1 Å². The number of fused-ring (bicyclic) bond motifs is 3. The Morgan fingerprint density at radius 2 is 1.34 bits per heavy atom. The number of nitrogens with zero attached hydrogens (tertiary/aromatic N) is 5. The molecule has 0 saturated carbocycles. The molecule has 0 bridgehead atoms. The van der Waals surface area contributed by atoms with E-state index in [-0.39, 0.29) is 47.6 Å². The lowest BCUT2D eigenvalue weighted by Crippen LogP contribution is -2.08. The second-order valence-electron chi connectivity index (χ2n) is 6.63. The number of hydrogen-bond acceptors (Lipinski definition) is 13. The molecule has 1 aliphatic carbocycles. The van der Waals surface area contributed by atoms with Gasteiger partial charge in [-0.2, -0.15) is 0 Å². The van der Waals surface area contributed by atoms with Crippen molar-refractivity contribution in [3.63, 3.8) is 0 Å². The summed E-state index contributed by atoms with van der Waals surface area (Å²) >= 11 is 0. The number of carbonyl (C=O) groups excluding carboxylic acids is 1. The Balaban J connectivity index is 0.00000142. The highest BCUT2D eigenvalue weighted by atomic mass is 31.0. The van der Waals surface area contributed by atoms with Crippen LogP contribution >= 0.6 is 9.24 Å². The van der Waals surface area contributed by atoms with Crippen molar-refractivity contribution in [2.75, 3.05) is 27.0 Å². The highest BCUT2D eigenvalue weighted by molar-refractivity contribution is 7.15. The Bertz CT molecular complexity index is 1240. The van der Waals surface area contributed by atoms with Crippen molar-refractivity contribution in [1.82, 2.24) is 0 Å². The van der Waals surface area contributed by atoms with Crippen molar-refractivity contribution in [3.05, 3.63) is 75.8 Å². The van der Waals surface area contributed by atoms with Gasteiger partial charge in [0.15, 0.2) is 0 Å². The molecule has 1 aliphatic rings. The molecule has 1 N–H and O–H groups in total. The minimum Gasteiger partial charge on any atom is -0.466 e. The van der Waals surface area contributed by atoms with Crippen LogP contribution in [0.1, 0.15) is 25.8 Å². The summed E-state index contributed by atoms with van der Waals surface area (Å²) in [7, 11) is 3.25. The SMILES string of the molecule is CCOC(=O)CCON=C1c2cc([N+](=O)[O-])cc([N+](=O)[O-])c2-c2c1cc([N+](=O)[O-])cc2[N+](=O)[O-].CO.[3H]CP. The molecule has 1 atom stereocenters. The standard InChI is InChI=1S/C18H13N5O11.CH4O.CH5P/c1-2-33-15(24)3-4-34-19-18-11-5-9(20(25)26)7-13(22(29)30)16(11)17-12(18)6-10(21(27)28)8-14(17)23(31)32;2*1-2/h5-8H,2-4H2,1H3;2H,1H3;2H2,1H3/i;;1T. The van der Waals surface area contributed by atoms with E-state index in [4.69, 9.17) is 16.1 Å². The summed E-state index contributed by atoms with van der Waals surface area (Å²) in [6, 6.07) is 3.04. The fourth-order valence-corrected chi connectivity index (χ4v) is 3.34. The maximum Gasteiger partial charge on any atom is 0.309 e. The van der Waals surface area contributed by atoms with E-state index in [1.165, 1.54) is 0 Å². The van der Waals surface area contributed by atoms with Gasteiger partial charge in [-0.15, -0.1) is 9.24 Å². The topological polar surface area (TPSA) is 241 Å². The number of aliphatic hydroxyl groups excluding tert-OH is 1. The number of esters is 1. The lowest BCUT2D eigenvalue weighted by molar-refractivity contribution is -0.395. The summed E-state index contributed by atoms with van der Waals surface area (Å²) in [5, 5.41) is 56.8. The zero-order valence-electron chi connectivity index (χ0n) is 20.9. The molecule has 2 aromatic rings. The number of aliphatic hydroxyl groups is 1. The van der Waals surface area contributed by atoms with Crippen LogP contribution in [0.25, 0.3) is 11.1 Å². The van der Waals surface area contributed by atoms with Crippen molar-refractivity contribution < 1.29 is 40.5 Å². The molecule has 3 rings (SSSR count). The van der Waals surface area contributed by atoms with Gasteiger partial charge in [0.25, 0.3) is 22.7 Å². The Morgan fingerprint density at radius 3 is 1.68 bits per heavy atom. The predicted octanol–water partition coefficient (Wildman–Crippen LogP) is 3.12. The van der Waals surface area contributed by atoms with Gasteiger partial charge in [0.05, 0.1) is 56.0 Å². The predicted molar refractivity (Wildman–Crippen MR) is 135 cm³/mol. The van der Waals surface area contributed by atoms with Gasteiger partial charge in [-0.05, 0) is 6.92 Å². The van der Waals surface area contributed by atoms with Crippen LogP contribution in [0.4, 0.5) is 22.7 Å². The van der Waals surface area contributed by atoms with Gasteiger partial charge in [0.2, 0.25) is 0 Å². The molecule has 0 aromatic heterocycles. The maximum atomic E-state index is 11.7. The van der Waals surface area contributed by atoms with Gasteiger partial charge in [-0.3, -0.25) is 45.3 Å². The van der Waals surface area contributed by atoms with Crippen LogP contribution in [-0.2, 0) is 14.4 Å². The highest BCUT2D eigenvalue weighted by Gasteiger charge is 2.41. The fraction of sp³-hybridized carbons (Fsp3) is 0.300. The second kappa shape index (κ2) is 14.2. The minimum atomic E-state index is -0.967. The van der Waals surface area contributed by atoms with Crippen molar-refractivity contribution >= 4 is 43.7 Å². The molecule has 38 heavy (non-hydrogen) atoms. The number of nitro groups is 4. The Hall–Kier alpha value is -4.63. The first kappa shape index (κ1) is 29.6. The van der Waals surface area contributed by atoms with Crippen LogP contribution in [0.2, 0.25) is 0 Å².